The summed E-state index contributed by atoms with van der Waals surface area (Å²) in [6.07, 6.45) is 2.32. The van der Waals surface area contributed by atoms with Crippen molar-refractivity contribution in [2.75, 3.05) is 7.11 Å². The van der Waals surface area contributed by atoms with Gasteiger partial charge in [-0.05, 0) is 58.6 Å². The van der Waals surface area contributed by atoms with Crippen molar-refractivity contribution >= 4 is 27.9 Å². The molecule has 0 radical (unpaired) electrons. The van der Waals surface area contributed by atoms with E-state index in [0.29, 0.717) is 28.1 Å². The highest BCUT2D eigenvalue weighted by Crippen LogP contribution is 2.37. The predicted molar refractivity (Wildman–Crippen MR) is 113 cm³/mol. The predicted octanol–water partition coefficient (Wildman–Crippen LogP) is 4.86. The van der Waals surface area contributed by atoms with Crippen molar-refractivity contribution in [1.82, 2.24) is 5.32 Å². The molecule has 6 heteroatoms. The standard InChI is InChI=1S/C22H23BrN2O3/c1-4-15(2)25-22(26)18(13-24)10-17-11-19(23)21(20(12-17)27-3)28-14-16-8-6-5-7-9-16/h5-12,15H,4,14H2,1-3H3,(H,25,26)/b18-10+/t15-/m1/s1. The molecule has 0 saturated heterocycles. The summed E-state index contributed by atoms with van der Waals surface area (Å²) in [6, 6.07) is 15.3. The Hall–Kier alpha value is -2.78. The number of nitrogens with zero attached hydrogens (tertiary/aromatic N) is 1. The van der Waals surface area contributed by atoms with Gasteiger partial charge in [-0.2, -0.15) is 5.26 Å². The second-order valence-corrected chi connectivity index (χ2v) is 7.12. The zero-order valence-corrected chi connectivity index (χ0v) is 17.7. The molecule has 0 aliphatic carbocycles. The molecule has 0 saturated carbocycles. The summed E-state index contributed by atoms with van der Waals surface area (Å²) in [6.45, 7) is 4.26. The molecule has 1 amide bonds. The fourth-order valence-corrected chi connectivity index (χ4v) is 2.99. The van der Waals surface area contributed by atoms with E-state index in [1.54, 1.807) is 19.2 Å². The third-order valence-corrected chi connectivity index (χ3v) is 4.73. The van der Waals surface area contributed by atoms with E-state index in [0.717, 1.165) is 12.0 Å². The first-order valence-electron chi connectivity index (χ1n) is 8.95. The monoisotopic (exact) mass is 442 g/mol. The summed E-state index contributed by atoms with van der Waals surface area (Å²) < 4.78 is 12.0. The first-order valence-corrected chi connectivity index (χ1v) is 9.74. The minimum Gasteiger partial charge on any atom is -0.493 e. The Morgan fingerprint density at radius 1 is 1.32 bits per heavy atom. The number of ether oxygens (including phenoxy) is 2. The van der Waals surface area contributed by atoms with Crippen LogP contribution in [0.1, 0.15) is 31.4 Å². The zero-order chi connectivity index (χ0) is 20.5. The summed E-state index contributed by atoms with van der Waals surface area (Å²) in [7, 11) is 1.55. The Kier molecular flexibility index (Phi) is 8.09. The molecule has 0 unspecified atom stereocenters. The molecule has 28 heavy (non-hydrogen) atoms. The normalized spacial score (nSPS) is 12.0. The minimum atomic E-state index is -0.392. The van der Waals surface area contributed by atoms with Crippen LogP contribution in [0.3, 0.4) is 0 Å². The second-order valence-electron chi connectivity index (χ2n) is 6.26. The number of carbonyl (C=O) groups excluding carboxylic acids is 1. The Labute approximate surface area is 174 Å². The molecule has 1 N–H and O–H groups in total. The number of halogens is 1. The number of hydrogen-bond donors (Lipinski definition) is 1. The van der Waals surface area contributed by atoms with Crippen LogP contribution in [-0.4, -0.2) is 19.1 Å². The Bertz CT molecular complexity index is 889. The number of carbonyl (C=O) groups is 1. The molecule has 2 aromatic carbocycles. The van der Waals surface area contributed by atoms with Gasteiger partial charge in [-0.15, -0.1) is 0 Å². The van der Waals surface area contributed by atoms with E-state index in [1.165, 1.54) is 6.08 Å². The van der Waals surface area contributed by atoms with Crippen molar-refractivity contribution in [3.8, 4) is 17.6 Å². The fraction of sp³-hybridized carbons (Fsp3) is 0.273. The van der Waals surface area contributed by atoms with Gasteiger partial charge in [0, 0.05) is 6.04 Å². The second kappa shape index (κ2) is 10.5. The van der Waals surface area contributed by atoms with Crippen LogP contribution in [0.25, 0.3) is 6.08 Å². The van der Waals surface area contributed by atoms with E-state index in [9.17, 15) is 10.1 Å². The van der Waals surface area contributed by atoms with Crippen LogP contribution in [0.2, 0.25) is 0 Å². The molecule has 0 aromatic heterocycles. The average molecular weight is 443 g/mol. The quantitative estimate of drug-likeness (QED) is 0.467. The average Bonchev–Trinajstić information content (AvgIpc) is 2.71. The maximum absolute atomic E-state index is 12.2. The Morgan fingerprint density at radius 3 is 2.64 bits per heavy atom. The van der Waals surface area contributed by atoms with Crippen molar-refractivity contribution in [3.05, 3.63) is 63.6 Å². The van der Waals surface area contributed by atoms with E-state index in [1.807, 2.05) is 50.2 Å². The molecule has 2 rings (SSSR count). The van der Waals surface area contributed by atoms with Crippen LogP contribution in [0.4, 0.5) is 0 Å². The summed E-state index contributed by atoms with van der Waals surface area (Å²) in [5.74, 6) is 0.679. The molecule has 0 fully saturated rings. The number of benzene rings is 2. The van der Waals surface area contributed by atoms with Gasteiger partial charge in [-0.25, -0.2) is 0 Å². The van der Waals surface area contributed by atoms with Gasteiger partial charge in [-0.1, -0.05) is 37.3 Å². The molecular weight excluding hydrogens is 420 g/mol. The molecule has 146 valence electrons. The maximum Gasteiger partial charge on any atom is 0.262 e. The van der Waals surface area contributed by atoms with Crippen LogP contribution in [0.15, 0.2) is 52.5 Å². The van der Waals surface area contributed by atoms with Gasteiger partial charge in [0.1, 0.15) is 18.2 Å². The topological polar surface area (TPSA) is 71.4 Å². The Balaban J connectivity index is 2.26. The summed E-state index contributed by atoms with van der Waals surface area (Å²) in [5.41, 5.74) is 1.73. The van der Waals surface area contributed by atoms with Crippen LogP contribution < -0.4 is 14.8 Å². The molecule has 2 aromatic rings. The van der Waals surface area contributed by atoms with E-state index >= 15 is 0 Å². The van der Waals surface area contributed by atoms with Crippen molar-refractivity contribution in [3.63, 3.8) is 0 Å². The summed E-state index contributed by atoms with van der Waals surface area (Å²) >= 11 is 3.50. The van der Waals surface area contributed by atoms with Gasteiger partial charge in [0.2, 0.25) is 0 Å². The molecular formula is C22H23BrN2O3. The minimum absolute atomic E-state index is 0.000662. The lowest BCUT2D eigenvalue weighted by atomic mass is 10.1. The van der Waals surface area contributed by atoms with Gasteiger partial charge in [-0.3, -0.25) is 4.79 Å². The third kappa shape index (κ3) is 5.86. The highest BCUT2D eigenvalue weighted by atomic mass is 79.9. The maximum atomic E-state index is 12.2. The number of rotatable bonds is 8. The van der Waals surface area contributed by atoms with Crippen molar-refractivity contribution in [2.24, 2.45) is 0 Å². The van der Waals surface area contributed by atoms with Crippen molar-refractivity contribution < 1.29 is 14.3 Å². The van der Waals surface area contributed by atoms with Crippen molar-refractivity contribution in [2.45, 2.75) is 32.9 Å². The molecule has 5 nitrogen and oxygen atoms in total. The van der Waals surface area contributed by atoms with Gasteiger partial charge in [0.25, 0.3) is 5.91 Å². The number of amides is 1. The first kappa shape index (κ1) is 21.5. The molecule has 0 aliphatic heterocycles. The van der Waals surface area contributed by atoms with Crippen LogP contribution in [0, 0.1) is 11.3 Å². The lowest BCUT2D eigenvalue weighted by Gasteiger charge is -2.14. The lowest BCUT2D eigenvalue weighted by molar-refractivity contribution is -0.117. The van der Waals surface area contributed by atoms with Gasteiger partial charge >= 0.3 is 0 Å². The van der Waals surface area contributed by atoms with Gasteiger partial charge < -0.3 is 14.8 Å². The fourth-order valence-electron chi connectivity index (χ4n) is 2.41. The Morgan fingerprint density at radius 2 is 2.04 bits per heavy atom. The van der Waals surface area contributed by atoms with E-state index in [-0.39, 0.29) is 11.6 Å². The van der Waals surface area contributed by atoms with Crippen LogP contribution in [-0.2, 0) is 11.4 Å². The van der Waals surface area contributed by atoms with Crippen molar-refractivity contribution in [1.29, 1.82) is 5.26 Å². The summed E-state index contributed by atoms with van der Waals surface area (Å²) in [4.78, 5) is 12.2. The van der Waals surface area contributed by atoms with Gasteiger partial charge in [0.05, 0.1) is 11.6 Å². The smallest absolute Gasteiger partial charge is 0.262 e. The lowest BCUT2D eigenvalue weighted by Crippen LogP contribution is -2.32. The molecule has 0 spiro atoms. The number of nitriles is 1. The van der Waals surface area contributed by atoms with E-state index in [4.69, 9.17) is 9.47 Å². The molecule has 0 aliphatic rings. The number of nitrogens with one attached hydrogen (secondary N) is 1. The zero-order valence-electron chi connectivity index (χ0n) is 16.2. The van der Waals surface area contributed by atoms with E-state index < -0.39 is 5.91 Å². The third-order valence-electron chi connectivity index (χ3n) is 4.14. The summed E-state index contributed by atoms with van der Waals surface area (Å²) in [5, 5.41) is 12.2. The highest BCUT2D eigenvalue weighted by molar-refractivity contribution is 9.10. The SMILES string of the molecule is CC[C@@H](C)NC(=O)/C(C#N)=C/c1cc(Br)c(OCc2ccccc2)c(OC)c1. The molecule has 1 atom stereocenters. The molecule has 0 bridgehead atoms. The largest absolute Gasteiger partial charge is 0.493 e. The van der Waals surface area contributed by atoms with E-state index in [2.05, 4.69) is 21.2 Å². The number of methoxy groups -OCH3 is 1. The van der Waals surface area contributed by atoms with Crippen LogP contribution in [0.5, 0.6) is 11.5 Å². The number of hydrogen-bond acceptors (Lipinski definition) is 4. The van der Waals surface area contributed by atoms with Gasteiger partial charge in [0.15, 0.2) is 11.5 Å². The molecule has 0 heterocycles. The first-order chi connectivity index (χ1) is 13.5. The van der Waals surface area contributed by atoms with Crippen LogP contribution >= 0.6 is 15.9 Å². The highest BCUT2D eigenvalue weighted by Gasteiger charge is 2.15.